The van der Waals surface area contributed by atoms with Gasteiger partial charge in [0.05, 0.1) is 0 Å². The zero-order chi connectivity index (χ0) is 2.71. The Kier molecular flexibility index (Phi) is 23.5. The van der Waals surface area contributed by atoms with Crippen LogP contribution >= 0.6 is 0 Å². The van der Waals surface area contributed by atoms with Crippen molar-refractivity contribution >= 4 is 29.5 Å². The second-order valence-electron chi connectivity index (χ2n) is 0.0962. The average Bonchev–Trinajstić information content (AvgIpc) is 0.918. The Hall–Kier alpha value is 0.236. The molecule has 0 fully saturated rings. The molecule has 0 spiro atoms. The van der Waals surface area contributed by atoms with E-state index < -0.39 is 6.47 Å². The van der Waals surface area contributed by atoms with Gasteiger partial charge in [-0.15, -0.1) is 0 Å². The van der Waals surface area contributed by atoms with Crippen molar-refractivity contribution in [2.24, 2.45) is 0 Å². The Morgan fingerprint density at radius 2 is 1.75 bits per heavy atom. The Bertz CT molecular complexity index is 13.5. The Balaban J connectivity index is 0. The number of carbonyl (C=O) groups is 1. The van der Waals surface area contributed by atoms with E-state index in [0.29, 0.717) is 0 Å². The summed E-state index contributed by atoms with van der Waals surface area (Å²) < 4.78 is 0. The summed E-state index contributed by atoms with van der Waals surface area (Å²) in [6.45, 7) is -0.500. The largest absolute Gasteiger partial charge is 2.00 e. The Labute approximate surface area is 40.0 Å². The molecule has 0 aromatic carbocycles. The van der Waals surface area contributed by atoms with Crippen molar-refractivity contribution in [2.75, 3.05) is 0 Å². The minimum absolute atomic E-state index is 0. The third-order valence-electron chi connectivity index (χ3n) is 0. The molecule has 2 nitrogen and oxygen atoms in total. The van der Waals surface area contributed by atoms with E-state index >= 15 is 0 Å². The number of hydrogen-bond donors (Lipinski definition) is 0. The molecule has 3 heteroatoms. The molecule has 0 saturated carbocycles. The zero-order valence-corrected chi connectivity index (χ0v) is 3.52. The van der Waals surface area contributed by atoms with Gasteiger partial charge in [0.1, 0.15) is 0 Å². The Morgan fingerprint density at radius 1 is 1.75 bits per heavy atom. The van der Waals surface area contributed by atoms with Gasteiger partial charge in [-0.3, -0.25) is 0 Å². The molecular formula is CHMgO2+. The number of carboxylic acid groups (broad SMARTS) is 1. The van der Waals surface area contributed by atoms with Crippen LogP contribution in [-0.2, 0) is 4.79 Å². The van der Waals surface area contributed by atoms with E-state index in [-0.39, 0.29) is 23.1 Å². The predicted octanol–water partition coefficient (Wildman–Crippen LogP) is -2.01. The summed E-state index contributed by atoms with van der Waals surface area (Å²) in [6, 6.07) is 0. The van der Waals surface area contributed by atoms with Crippen LogP contribution in [-0.4, -0.2) is 29.5 Å². The fourth-order valence-electron chi connectivity index (χ4n) is 0. The predicted molar refractivity (Wildman–Crippen MR) is 11.8 cm³/mol. The molecule has 4 heavy (non-hydrogen) atoms. The van der Waals surface area contributed by atoms with Crippen molar-refractivity contribution in [2.45, 2.75) is 0 Å². The summed E-state index contributed by atoms with van der Waals surface area (Å²) in [6.07, 6.45) is 0. The molecule has 0 heterocycles. The third kappa shape index (κ3) is 61.2. The maximum Gasteiger partial charge on any atom is 2.00 e. The van der Waals surface area contributed by atoms with Crippen molar-refractivity contribution in [3.8, 4) is 0 Å². The van der Waals surface area contributed by atoms with E-state index in [0.717, 1.165) is 0 Å². The topological polar surface area (TPSA) is 40.1 Å². The van der Waals surface area contributed by atoms with Gasteiger partial charge in [-0.25, -0.2) is 0 Å². The van der Waals surface area contributed by atoms with Crippen molar-refractivity contribution in [3.63, 3.8) is 0 Å². The molecule has 0 aliphatic heterocycles. The molecule has 0 atom stereocenters. The van der Waals surface area contributed by atoms with E-state index in [9.17, 15) is 0 Å². The minimum atomic E-state index is -0.500. The second kappa shape index (κ2) is 10.6. The first-order valence-electron chi connectivity index (χ1n) is 0.471. The summed E-state index contributed by atoms with van der Waals surface area (Å²) in [5.41, 5.74) is 0. The molecule has 0 aromatic heterocycles. The van der Waals surface area contributed by atoms with Crippen LogP contribution in [0.15, 0.2) is 0 Å². The van der Waals surface area contributed by atoms with E-state index in [1.54, 1.807) is 0 Å². The van der Waals surface area contributed by atoms with Gasteiger partial charge in [0.25, 0.3) is 0 Å². The van der Waals surface area contributed by atoms with Gasteiger partial charge in [0.15, 0.2) is 0 Å². The summed E-state index contributed by atoms with van der Waals surface area (Å²) >= 11 is 0. The van der Waals surface area contributed by atoms with E-state index in [4.69, 9.17) is 9.90 Å². The second-order valence-corrected chi connectivity index (χ2v) is 0.0962. The van der Waals surface area contributed by atoms with Crippen LogP contribution in [0.5, 0.6) is 0 Å². The quantitative estimate of drug-likeness (QED) is 0.243. The first kappa shape index (κ1) is 8.87. The molecule has 0 aromatic rings. The van der Waals surface area contributed by atoms with Crippen LogP contribution in [0.25, 0.3) is 0 Å². The smallest absolute Gasteiger partial charge is 0.554 e. The molecule has 0 amide bonds. The molecule has 0 rings (SSSR count). The normalized spacial score (nSPS) is 3.00. The number of carbonyl (C=O) groups excluding carboxylic acids is 1. The standard InChI is InChI=1S/CH2O2.Mg/c2-1-3;/h1H,(H,2,3);/q;+2/p-1. The Morgan fingerprint density at radius 3 is 1.75 bits per heavy atom. The van der Waals surface area contributed by atoms with Gasteiger partial charge in [-0.05, 0) is 0 Å². The molecular weight excluding hydrogens is 68.3 g/mol. The summed E-state index contributed by atoms with van der Waals surface area (Å²) in [5.74, 6) is 0. The van der Waals surface area contributed by atoms with Gasteiger partial charge in [-0.1, -0.05) is 0 Å². The number of hydrogen-bond acceptors (Lipinski definition) is 2. The molecule has 0 aliphatic carbocycles. The van der Waals surface area contributed by atoms with Crippen molar-refractivity contribution in [3.05, 3.63) is 0 Å². The summed E-state index contributed by atoms with van der Waals surface area (Å²) in [4.78, 5) is 8.25. The molecule has 18 valence electrons. The fourth-order valence-corrected chi connectivity index (χ4v) is 0. The van der Waals surface area contributed by atoms with E-state index in [1.807, 2.05) is 0 Å². The van der Waals surface area contributed by atoms with Crippen molar-refractivity contribution in [1.29, 1.82) is 0 Å². The van der Waals surface area contributed by atoms with Crippen molar-refractivity contribution < 1.29 is 9.90 Å². The first-order valence-corrected chi connectivity index (χ1v) is 0.471. The third-order valence-corrected chi connectivity index (χ3v) is 0. The average molecular weight is 69.3 g/mol. The minimum Gasteiger partial charge on any atom is -0.554 e. The molecule has 0 N–H and O–H groups in total. The van der Waals surface area contributed by atoms with Gasteiger partial charge in [-0.2, -0.15) is 0 Å². The van der Waals surface area contributed by atoms with Gasteiger partial charge in [0.2, 0.25) is 0 Å². The summed E-state index contributed by atoms with van der Waals surface area (Å²) in [5, 5.41) is 8.25. The molecule has 0 radical (unpaired) electrons. The van der Waals surface area contributed by atoms with Gasteiger partial charge < -0.3 is 9.90 Å². The molecule has 0 saturated heterocycles. The van der Waals surface area contributed by atoms with Crippen LogP contribution in [0.4, 0.5) is 0 Å². The van der Waals surface area contributed by atoms with Crippen LogP contribution in [0, 0.1) is 0 Å². The van der Waals surface area contributed by atoms with Gasteiger partial charge >= 0.3 is 23.1 Å². The molecule has 0 unspecified atom stereocenters. The zero-order valence-electron chi connectivity index (χ0n) is 2.10. The van der Waals surface area contributed by atoms with Crippen LogP contribution in [0.3, 0.4) is 0 Å². The maximum atomic E-state index is 8.25. The van der Waals surface area contributed by atoms with Crippen LogP contribution in [0.2, 0.25) is 0 Å². The molecule has 0 bridgehead atoms. The maximum absolute atomic E-state index is 8.25. The summed E-state index contributed by atoms with van der Waals surface area (Å²) in [7, 11) is 0. The van der Waals surface area contributed by atoms with Gasteiger partial charge in [0, 0.05) is 6.47 Å². The molecule has 0 aliphatic rings. The van der Waals surface area contributed by atoms with Crippen LogP contribution in [0.1, 0.15) is 0 Å². The van der Waals surface area contributed by atoms with E-state index in [2.05, 4.69) is 0 Å². The van der Waals surface area contributed by atoms with Crippen molar-refractivity contribution in [1.82, 2.24) is 0 Å². The first-order chi connectivity index (χ1) is 1.41. The van der Waals surface area contributed by atoms with E-state index in [1.165, 1.54) is 0 Å². The monoisotopic (exact) mass is 69.0 g/mol. The SMILES string of the molecule is O=C[O-].[Mg+2]. The van der Waals surface area contributed by atoms with Crippen LogP contribution < -0.4 is 5.11 Å². The fraction of sp³-hybridized carbons (Fsp3) is 0. The number of rotatable bonds is 0.